The number of rotatable bonds is 7. The van der Waals surface area contributed by atoms with Crippen LogP contribution in [0.25, 0.3) is 87.6 Å². The zero-order valence-electron chi connectivity index (χ0n) is 32.5. The summed E-state index contributed by atoms with van der Waals surface area (Å²) in [6.07, 6.45) is 0. The van der Waals surface area contributed by atoms with Crippen molar-refractivity contribution >= 4 is 60.2 Å². The molecule has 0 amide bonds. The van der Waals surface area contributed by atoms with Crippen molar-refractivity contribution in [3.8, 4) is 44.5 Å². The van der Waals surface area contributed by atoms with Gasteiger partial charge in [-0.05, 0) is 124 Å². The molecule has 1 nitrogen and oxygen atoms in total. The Morgan fingerprint density at radius 3 is 1.53 bits per heavy atom. The topological polar surface area (TPSA) is 3.24 Å². The van der Waals surface area contributed by atoms with Crippen molar-refractivity contribution in [2.75, 3.05) is 4.90 Å². The van der Waals surface area contributed by atoms with Gasteiger partial charge in [0.2, 0.25) is 0 Å². The highest BCUT2D eigenvalue weighted by atomic mass is 15.1. The number of hydrogen-bond acceptors (Lipinski definition) is 1. The van der Waals surface area contributed by atoms with Gasteiger partial charge < -0.3 is 4.90 Å². The molecule has 0 aromatic heterocycles. The second kappa shape index (κ2) is 14.6. The van der Waals surface area contributed by atoms with Gasteiger partial charge in [-0.25, -0.2) is 0 Å². The van der Waals surface area contributed by atoms with Gasteiger partial charge in [0, 0.05) is 16.9 Å². The van der Waals surface area contributed by atoms with Crippen LogP contribution >= 0.6 is 0 Å². The quantitative estimate of drug-likeness (QED) is 0.147. The van der Waals surface area contributed by atoms with Crippen LogP contribution < -0.4 is 4.90 Å². The first-order valence-electron chi connectivity index (χ1n) is 20.3. The maximum atomic E-state index is 2.42. The lowest BCUT2D eigenvalue weighted by molar-refractivity contribution is 1.28. The fourth-order valence-corrected chi connectivity index (χ4v) is 8.91. The highest BCUT2D eigenvalue weighted by Gasteiger charge is 2.20. The van der Waals surface area contributed by atoms with Gasteiger partial charge in [0.15, 0.2) is 0 Å². The highest BCUT2D eigenvalue weighted by Crippen LogP contribution is 2.45. The van der Waals surface area contributed by atoms with Crippen molar-refractivity contribution in [3.63, 3.8) is 0 Å². The predicted octanol–water partition coefficient (Wildman–Crippen LogP) is 16.4. The van der Waals surface area contributed by atoms with Crippen molar-refractivity contribution in [1.82, 2.24) is 0 Å². The number of nitrogens with zero attached hydrogens (tertiary/aromatic N) is 1. The second-order valence-electron chi connectivity index (χ2n) is 15.3. The monoisotopic (exact) mass is 749 g/mol. The third kappa shape index (κ3) is 6.30. The van der Waals surface area contributed by atoms with Crippen molar-refractivity contribution in [2.24, 2.45) is 0 Å². The standard InChI is InChI=1S/C58H39N/c1-3-14-42(15-4-1)54-21-11-12-22-58(54)59(49-30-25-41(26-31-49)46-24-23-40-13-7-8-19-45(40)37-46)50-32-36-53(57(39-50)43-16-5-2-6-17-43)48-28-33-52-47(38-48)29-35-55-51-20-10-9-18-44(51)27-34-56(52)55/h1-39H. The van der Waals surface area contributed by atoms with E-state index in [1.165, 1.54) is 87.6 Å². The molecule has 11 aromatic rings. The smallest absolute Gasteiger partial charge is 0.0540 e. The van der Waals surface area contributed by atoms with Gasteiger partial charge in [-0.15, -0.1) is 0 Å². The van der Waals surface area contributed by atoms with Crippen LogP contribution in [0, 0.1) is 0 Å². The number of fused-ring (bicyclic) bond motifs is 6. The van der Waals surface area contributed by atoms with Crippen molar-refractivity contribution in [2.45, 2.75) is 0 Å². The van der Waals surface area contributed by atoms with Crippen molar-refractivity contribution in [1.29, 1.82) is 0 Å². The Morgan fingerprint density at radius 1 is 0.220 bits per heavy atom. The minimum absolute atomic E-state index is 1.09. The van der Waals surface area contributed by atoms with Gasteiger partial charge in [0.05, 0.1) is 5.69 Å². The largest absolute Gasteiger partial charge is 0.310 e. The van der Waals surface area contributed by atoms with Crippen molar-refractivity contribution in [3.05, 3.63) is 237 Å². The highest BCUT2D eigenvalue weighted by molar-refractivity contribution is 6.17. The molecule has 0 radical (unpaired) electrons. The van der Waals surface area contributed by atoms with Gasteiger partial charge in [0.1, 0.15) is 0 Å². The third-order valence-electron chi connectivity index (χ3n) is 11.8. The zero-order chi connectivity index (χ0) is 39.1. The van der Waals surface area contributed by atoms with Crippen LogP contribution in [0.5, 0.6) is 0 Å². The molecule has 276 valence electrons. The van der Waals surface area contributed by atoms with Gasteiger partial charge >= 0.3 is 0 Å². The van der Waals surface area contributed by atoms with Gasteiger partial charge in [0.25, 0.3) is 0 Å². The lowest BCUT2D eigenvalue weighted by atomic mass is 9.91. The summed E-state index contributed by atoms with van der Waals surface area (Å²) in [7, 11) is 0. The van der Waals surface area contributed by atoms with Crippen LogP contribution in [0.15, 0.2) is 237 Å². The molecule has 1 heteroatoms. The normalized spacial score (nSPS) is 11.4. The minimum Gasteiger partial charge on any atom is -0.310 e. The van der Waals surface area contributed by atoms with Crippen LogP contribution in [-0.2, 0) is 0 Å². The summed E-state index contributed by atoms with van der Waals surface area (Å²) in [6.45, 7) is 0. The lowest BCUT2D eigenvalue weighted by Crippen LogP contribution is -2.11. The Labute approximate surface area is 344 Å². The summed E-state index contributed by atoms with van der Waals surface area (Å²) in [5.74, 6) is 0. The zero-order valence-corrected chi connectivity index (χ0v) is 32.5. The number of hydrogen-bond donors (Lipinski definition) is 0. The number of benzene rings is 11. The van der Waals surface area contributed by atoms with E-state index in [2.05, 4.69) is 241 Å². The first-order chi connectivity index (χ1) is 29.2. The molecule has 0 unspecified atom stereocenters. The summed E-state index contributed by atoms with van der Waals surface area (Å²) in [5, 5.41) is 10.1. The Bertz CT molecular complexity index is 3310. The molecule has 0 atom stereocenters. The molecule has 0 bridgehead atoms. The van der Waals surface area contributed by atoms with E-state index in [0.29, 0.717) is 0 Å². The number of para-hydroxylation sites is 1. The van der Waals surface area contributed by atoms with E-state index < -0.39 is 0 Å². The average Bonchev–Trinajstić information content (AvgIpc) is 3.32. The molecular weight excluding hydrogens is 711 g/mol. The molecular formula is C58H39N. The molecule has 11 rings (SSSR count). The Balaban J connectivity index is 1.07. The van der Waals surface area contributed by atoms with Gasteiger partial charge in [-0.1, -0.05) is 194 Å². The van der Waals surface area contributed by atoms with Crippen LogP contribution in [0.2, 0.25) is 0 Å². The molecule has 0 saturated heterocycles. The van der Waals surface area contributed by atoms with Gasteiger partial charge in [-0.2, -0.15) is 0 Å². The lowest BCUT2D eigenvalue weighted by Gasteiger charge is -2.29. The van der Waals surface area contributed by atoms with E-state index in [1.807, 2.05) is 0 Å². The van der Waals surface area contributed by atoms with E-state index in [0.717, 1.165) is 17.1 Å². The first kappa shape index (κ1) is 34.5. The average molecular weight is 750 g/mol. The molecule has 0 saturated carbocycles. The van der Waals surface area contributed by atoms with Crippen LogP contribution in [0.3, 0.4) is 0 Å². The second-order valence-corrected chi connectivity index (χ2v) is 15.3. The molecule has 0 aliphatic heterocycles. The number of anilines is 3. The summed E-state index contributed by atoms with van der Waals surface area (Å²) < 4.78 is 0. The van der Waals surface area contributed by atoms with Crippen LogP contribution in [-0.4, -0.2) is 0 Å². The van der Waals surface area contributed by atoms with E-state index in [4.69, 9.17) is 0 Å². The molecule has 0 aliphatic carbocycles. The molecule has 0 heterocycles. The molecule has 0 spiro atoms. The van der Waals surface area contributed by atoms with E-state index in [-0.39, 0.29) is 0 Å². The third-order valence-corrected chi connectivity index (χ3v) is 11.8. The summed E-state index contributed by atoms with van der Waals surface area (Å²) in [4.78, 5) is 2.42. The molecule has 0 fully saturated rings. The molecule has 59 heavy (non-hydrogen) atoms. The summed E-state index contributed by atoms with van der Waals surface area (Å²) in [6, 6.07) is 86.3. The summed E-state index contributed by atoms with van der Waals surface area (Å²) in [5.41, 5.74) is 12.8. The van der Waals surface area contributed by atoms with Gasteiger partial charge in [-0.3, -0.25) is 0 Å². The molecule has 11 aromatic carbocycles. The first-order valence-corrected chi connectivity index (χ1v) is 20.3. The van der Waals surface area contributed by atoms with Crippen molar-refractivity contribution < 1.29 is 0 Å². The minimum atomic E-state index is 1.09. The van der Waals surface area contributed by atoms with Crippen LogP contribution in [0.1, 0.15) is 0 Å². The Morgan fingerprint density at radius 2 is 0.746 bits per heavy atom. The summed E-state index contributed by atoms with van der Waals surface area (Å²) >= 11 is 0. The van der Waals surface area contributed by atoms with E-state index in [9.17, 15) is 0 Å². The molecule has 0 N–H and O–H groups in total. The maximum absolute atomic E-state index is 2.42. The molecule has 0 aliphatic rings. The predicted molar refractivity (Wildman–Crippen MR) is 253 cm³/mol. The van der Waals surface area contributed by atoms with Crippen LogP contribution in [0.4, 0.5) is 17.1 Å². The Hall–Kier alpha value is -7.74. The SMILES string of the molecule is c1ccc(-c2cc(N(c3ccc(-c4ccc5ccccc5c4)cc3)c3ccccc3-c3ccccc3)ccc2-c2ccc3c(ccc4c5ccccc5ccc34)c2)cc1. The van der Waals surface area contributed by atoms with E-state index in [1.54, 1.807) is 0 Å². The van der Waals surface area contributed by atoms with E-state index >= 15 is 0 Å². The fourth-order valence-electron chi connectivity index (χ4n) is 8.91. The maximum Gasteiger partial charge on any atom is 0.0540 e. The Kier molecular flexibility index (Phi) is 8.56. The fraction of sp³-hybridized carbons (Fsp3) is 0.